The number of aromatic nitrogens is 4. The monoisotopic (exact) mass is 500 g/mol. The molecular formula is C20H17Cl2F3N6O2. The number of pyridine rings is 1. The molecule has 0 spiro atoms. The molecule has 8 nitrogen and oxygen atoms in total. The zero-order valence-electron chi connectivity index (χ0n) is 17.1. The third kappa shape index (κ3) is 3.58. The number of alkyl halides is 3. The Labute approximate surface area is 195 Å². The zero-order chi connectivity index (χ0) is 23.7. The normalized spacial score (nSPS) is 21.4. The molecule has 0 saturated heterocycles. The average Bonchev–Trinajstić information content (AvgIpc) is 3.43. The summed E-state index contributed by atoms with van der Waals surface area (Å²) in [4.78, 5) is 22.2. The van der Waals surface area contributed by atoms with Crippen LogP contribution in [0, 0.1) is 5.92 Å². The van der Waals surface area contributed by atoms with Crippen LogP contribution in [0.5, 0.6) is 0 Å². The van der Waals surface area contributed by atoms with Crippen LogP contribution in [-0.2, 0) is 5.41 Å². The summed E-state index contributed by atoms with van der Waals surface area (Å²) in [7, 11) is 0. The number of hydrogen-bond donors (Lipinski definition) is 2. The zero-order valence-corrected chi connectivity index (χ0v) is 18.6. The molecule has 4 heterocycles. The Morgan fingerprint density at radius 3 is 2.64 bits per heavy atom. The molecule has 1 aliphatic carbocycles. The number of aliphatic hydroxyl groups excluding tert-OH is 1. The van der Waals surface area contributed by atoms with Crippen molar-refractivity contribution in [1.82, 2.24) is 19.6 Å². The Kier molecular flexibility index (Phi) is 5.00. The maximum Gasteiger partial charge on any atom is 0.401 e. The molecule has 1 fully saturated rings. The molecule has 2 aliphatic rings. The van der Waals surface area contributed by atoms with E-state index in [0.717, 1.165) is 29.2 Å². The number of nitrogens with zero attached hydrogens (tertiary/aromatic N) is 5. The third-order valence-electron chi connectivity index (χ3n) is 6.06. The van der Waals surface area contributed by atoms with Crippen molar-refractivity contribution in [3.05, 3.63) is 46.1 Å². The lowest BCUT2D eigenvalue weighted by atomic mass is 9.88. The first-order chi connectivity index (χ1) is 15.5. The second-order valence-corrected chi connectivity index (χ2v) is 9.24. The number of carbonyl (C=O) groups excluding carboxylic acids is 1. The lowest BCUT2D eigenvalue weighted by Gasteiger charge is -2.28. The van der Waals surface area contributed by atoms with E-state index in [-0.39, 0.29) is 38.8 Å². The minimum atomic E-state index is -4.69. The highest BCUT2D eigenvalue weighted by molar-refractivity contribution is 6.31. The summed E-state index contributed by atoms with van der Waals surface area (Å²) in [6, 6.07) is 1.92. The molecule has 0 aromatic carbocycles. The molecule has 174 valence electrons. The van der Waals surface area contributed by atoms with Crippen molar-refractivity contribution < 1.29 is 23.1 Å². The van der Waals surface area contributed by atoms with Crippen LogP contribution in [0.25, 0.3) is 5.65 Å². The first kappa shape index (κ1) is 22.2. The number of hydrogen-bond acceptors (Lipinski definition) is 5. The van der Waals surface area contributed by atoms with Crippen molar-refractivity contribution in [2.24, 2.45) is 5.92 Å². The SMILES string of the molecule is C[C@@]1(C(F)(F)F)CN(C(=O)Nc2cnc(C(O)C3CC3)c(Cl)c2)c2cnc3cc(Cl)nn3c21. The van der Waals surface area contributed by atoms with Crippen LogP contribution in [0.3, 0.4) is 0 Å². The first-order valence-electron chi connectivity index (χ1n) is 10.0. The molecule has 1 saturated carbocycles. The summed E-state index contributed by atoms with van der Waals surface area (Å²) in [5, 5.41) is 16.8. The predicted molar refractivity (Wildman–Crippen MR) is 115 cm³/mol. The standard InChI is InChI=1S/C20H17Cl2F3N6O2/c1-19(20(23,24)25)8-30(12-7-26-14-5-13(22)29-31(14)17(12)19)18(33)28-10-4-11(21)15(27-6-10)16(32)9-2-3-9/h4-7,9,16,32H,2-3,8H2,1H3,(H,28,33)/t16?,19-/m1/s1. The minimum Gasteiger partial charge on any atom is -0.386 e. The smallest absolute Gasteiger partial charge is 0.386 e. The summed E-state index contributed by atoms with van der Waals surface area (Å²) in [5.41, 5.74) is -2.08. The maximum absolute atomic E-state index is 14.2. The molecule has 1 aliphatic heterocycles. The van der Waals surface area contributed by atoms with Crippen LogP contribution in [0.15, 0.2) is 24.5 Å². The van der Waals surface area contributed by atoms with Gasteiger partial charge < -0.3 is 10.4 Å². The second kappa shape index (κ2) is 7.44. The van der Waals surface area contributed by atoms with Crippen molar-refractivity contribution in [2.75, 3.05) is 16.8 Å². The summed E-state index contributed by atoms with van der Waals surface area (Å²) in [5.74, 6) is 0.108. The van der Waals surface area contributed by atoms with Gasteiger partial charge in [0.15, 0.2) is 10.8 Å². The van der Waals surface area contributed by atoms with Gasteiger partial charge in [-0.05, 0) is 31.7 Å². The van der Waals surface area contributed by atoms with Gasteiger partial charge in [0.1, 0.15) is 11.5 Å². The molecule has 2 N–H and O–H groups in total. The molecule has 0 bridgehead atoms. The van der Waals surface area contributed by atoms with Crippen LogP contribution >= 0.6 is 23.2 Å². The Hall–Kier alpha value is -2.63. The van der Waals surface area contributed by atoms with Crippen molar-refractivity contribution in [3.63, 3.8) is 0 Å². The van der Waals surface area contributed by atoms with Gasteiger partial charge in [0.25, 0.3) is 0 Å². The number of halogens is 5. The Morgan fingerprint density at radius 2 is 2.00 bits per heavy atom. The quantitative estimate of drug-likeness (QED) is 0.541. The largest absolute Gasteiger partial charge is 0.401 e. The average molecular weight is 501 g/mol. The highest BCUT2D eigenvalue weighted by atomic mass is 35.5. The van der Waals surface area contributed by atoms with Crippen LogP contribution in [0.2, 0.25) is 10.2 Å². The summed E-state index contributed by atoms with van der Waals surface area (Å²) in [6.45, 7) is 0.316. The van der Waals surface area contributed by atoms with E-state index in [2.05, 4.69) is 20.4 Å². The van der Waals surface area contributed by atoms with Gasteiger partial charge in [0, 0.05) is 12.6 Å². The van der Waals surface area contributed by atoms with Crippen molar-refractivity contribution in [1.29, 1.82) is 0 Å². The lowest BCUT2D eigenvalue weighted by molar-refractivity contribution is -0.181. The highest BCUT2D eigenvalue weighted by Crippen LogP contribution is 2.50. The van der Waals surface area contributed by atoms with Gasteiger partial charge in [-0.25, -0.2) is 14.3 Å². The molecule has 1 unspecified atom stereocenters. The minimum absolute atomic E-state index is 0.0162. The molecule has 33 heavy (non-hydrogen) atoms. The summed E-state index contributed by atoms with van der Waals surface area (Å²) in [6.07, 6.45) is -1.22. The molecule has 0 radical (unpaired) electrons. The number of anilines is 2. The third-order valence-corrected chi connectivity index (χ3v) is 6.55. The second-order valence-electron chi connectivity index (χ2n) is 8.45. The molecule has 3 aromatic rings. The van der Waals surface area contributed by atoms with E-state index in [4.69, 9.17) is 23.2 Å². The molecule has 2 atom stereocenters. The van der Waals surface area contributed by atoms with E-state index >= 15 is 0 Å². The van der Waals surface area contributed by atoms with Crippen molar-refractivity contribution in [2.45, 2.75) is 37.5 Å². The molecule has 2 amide bonds. The molecule has 3 aromatic heterocycles. The van der Waals surface area contributed by atoms with Gasteiger partial charge in [0.05, 0.1) is 40.2 Å². The van der Waals surface area contributed by atoms with E-state index < -0.39 is 30.3 Å². The first-order valence-corrected chi connectivity index (χ1v) is 10.8. The summed E-state index contributed by atoms with van der Waals surface area (Å²) < 4.78 is 43.5. The predicted octanol–water partition coefficient (Wildman–Crippen LogP) is 4.75. The topological polar surface area (TPSA) is 95.7 Å². The molecular weight excluding hydrogens is 484 g/mol. The van der Waals surface area contributed by atoms with E-state index in [1.165, 1.54) is 24.5 Å². The van der Waals surface area contributed by atoms with Gasteiger partial charge in [-0.15, -0.1) is 0 Å². The number of carbonyl (C=O) groups is 1. The number of rotatable bonds is 3. The fourth-order valence-electron chi connectivity index (χ4n) is 4.05. The summed E-state index contributed by atoms with van der Waals surface area (Å²) >= 11 is 12.1. The number of urea groups is 1. The Morgan fingerprint density at radius 1 is 1.27 bits per heavy atom. The van der Waals surface area contributed by atoms with Crippen LogP contribution in [0.4, 0.5) is 29.3 Å². The fourth-order valence-corrected chi connectivity index (χ4v) is 4.50. The maximum atomic E-state index is 14.2. The Balaban J connectivity index is 1.48. The van der Waals surface area contributed by atoms with Gasteiger partial charge in [-0.2, -0.15) is 18.3 Å². The van der Waals surface area contributed by atoms with Crippen LogP contribution in [-0.4, -0.2) is 43.4 Å². The Bertz CT molecular complexity index is 1280. The lowest BCUT2D eigenvalue weighted by Crippen LogP contribution is -2.46. The van der Waals surface area contributed by atoms with Crippen molar-refractivity contribution in [3.8, 4) is 0 Å². The number of amides is 2. The highest BCUT2D eigenvalue weighted by Gasteiger charge is 2.60. The fraction of sp³-hybridized carbons (Fsp3) is 0.400. The van der Waals surface area contributed by atoms with Crippen LogP contribution in [0.1, 0.15) is 37.3 Å². The number of fused-ring (bicyclic) bond motifs is 3. The van der Waals surface area contributed by atoms with Crippen molar-refractivity contribution >= 4 is 46.3 Å². The van der Waals surface area contributed by atoms with Gasteiger partial charge in [0.2, 0.25) is 0 Å². The van der Waals surface area contributed by atoms with Gasteiger partial charge >= 0.3 is 12.2 Å². The van der Waals surface area contributed by atoms with E-state index in [9.17, 15) is 23.1 Å². The molecule has 13 heteroatoms. The van der Waals surface area contributed by atoms with E-state index in [0.29, 0.717) is 5.69 Å². The van der Waals surface area contributed by atoms with Crippen LogP contribution < -0.4 is 10.2 Å². The molecule has 5 rings (SSSR count). The number of aliphatic hydroxyl groups is 1. The van der Waals surface area contributed by atoms with E-state index in [1.807, 2.05) is 0 Å². The van der Waals surface area contributed by atoms with Gasteiger partial charge in [-0.1, -0.05) is 23.2 Å². The number of nitrogens with one attached hydrogen (secondary N) is 1. The van der Waals surface area contributed by atoms with E-state index in [1.54, 1.807) is 0 Å². The van der Waals surface area contributed by atoms with Gasteiger partial charge in [-0.3, -0.25) is 9.88 Å².